The molecule has 2 N–H and O–H groups in total. The van der Waals surface area contributed by atoms with E-state index in [9.17, 15) is 9.59 Å². The van der Waals surface area contributed by atoms with Crippen LogP contribution in [-0.2, 0) is 27.2 Å². The molecule has 0 radical (unpaired) electrons. The number of aromatic nitrogens is 4. The second kappa shape index (κ2) is 13.7. The fourth-order valence-electron chi connectivity index (χ4n) is 3.79. The number of anilines is 2. The first-order chi connectivity index (χ1) is 19.1. The highest BCUT2D eigenvalue weighted by molar-refractivity contribution is 8.01. The second-order valence-corrected chi connectivity index (χ2v) is 14.6. The lowest BCUT2D eigenvalue weighted by atomic mass is 9.84. The molecule has 0 fully saturated rings. The molecule has 0 unspecified atom stereocenters. The monoisotopic (exact) mass is 612 g/mol. The Hall–Kier alpha value is -2.80. The highest BCUT2D eigenvalue weighted by atomic mass is 32.2. The molecule has 4 rings (SSSR count). The zero-order chi connectivity index (χ0) is 28.7. The van der Waals surface area contributed by atoms with E-state index in [1.54, 1.807) is 11.8 Å². The molecule has 0 aliphatic rings. The molecule has 0 saturated heterocycles. The minimum absolute atomic E-state index is 0.114. The number of thioether (sulfide) groups is 2. The number of hydrogen-bond donors (Lipinski definition) is 2. The standard InChI is InChI=1S/C28H32N6O2S4/c1-17-13-20(28(3,4)5)14-18(2)21(17)15-37-26-33-32-25(40-26)30-23(36)16-38-27-34-31-24(39-27)29-22(35)12-11-19-9-7-6-8-10-19/h6-10,13-14H,11-12,15-16H2,1-5H3,(H,29,31,35)(H,30,32,36). The first-order valence-electron chi connectivity index (χ1n) is 12.7. The third-order valence-electron chi connectivity index (χ3n) is 6.02. The van der Waals surface area contributed by atoms with Gasteiger partial charge in [0.15, 0.2) is 8.68 Å². The maximum Gasteiger partial charge on any atom is 0.236 e. The molecule has 2 aromatic carbocycles. The predicted molar refractivity (Wildman–Crippen MR) is 167 cm³/mol. The summed E-state index contributed by atoms with van der Waals surface area (Å²) in [5.41, 5.74) is 6.41. The number of amides is 2. The maximum atomic E-state index is 12.5. The number of carbonyl (C=O) groups is 2. The van der Waals surface area contributed by atoms with Crippen LogP contribution in [0, 0.1) is 13.8 Å². The van der Waals surface area contributed by atoms with Gasteiger partial charge in [0.1, 0.15) is 0 Å². The Bertz CT molecular complexity index is 1440. The van der Waals surface area contributed by atoms with E-state index in [0.717, 1.165) is 15.7 Å². The molecule has 0 saturated carbocycles. The highest BCUT2D eigenvalue weighted by Crippen LogP contribution is 2.33. The van der Waals surface area contributed by atoms with Gasteiger partial charge in [-0.25, -0.2) is 0 Å². The zero-order valence-corrected chi connectivity index (χ0v) is 26.4. The number of aryl methyl sites for hydroxylation is 3. The molecular weight excluding hydrogens is 581 g/mol. The third kappa shape index (κ3) is 8.85. The minimum Gasteiger partial charge on any atom is -0.300 e. The van der Waals surface area contributed by atoms with E-state index in [0.29, 0.717) is 27.4 Å². The Kier molecular flexibility index (Phi) is 10.3. The van der Waals surface area contributed by atoms with Crippen LogP contribution in [0.15, 0.2) is 51.1 Å². The molecule has 2 aromatic heterocycles. The van der Waals surface area contributed by atoms with Gasteiger partial charge in [-0.1, -0.05) is 109 Å². The van der Waals surface area contributed by atoms with Crippen molar-refractivity contribution in [2.75, 3.05) is 16.4 Å². The molecule has 0 bridgehead atoms. The summed E-state index contributed by atoms with van der Waals surface area (Å²) in [6.07, 6.45) is 1.02. The third-order valence-corrected chi connectivity index (χ3v) is 9.99. The molecule has 210 valence electrons. The number of carbonyl (C=O) groups excluding carboxylic acids is 2. The first kappa shape index (κ1) is 30.2. The first-order valence-corrected chi connectivity index (χ1v) is 16.3. The highest BCUT2D eigenvalue weighted by Gasteiger charge is 2.17. The number of nitrogens with one attached hydrogen (secondary N) is 2. The summed E-state index contributed by atoms with van der Waals surface area (Å²) >= 11 is 5.49. The maximum absolute atomic E-state index is 12.5. The van der Waals surface area contributed by atoms with Crippen LogP contribution >= 0.6 is 46.2 Å². The van der Waals surface area contributed by atoms with Crippen LogP contribution in [0.5, 0.6) is 0 Å². The van der Waals surface area contributed by atoms with Crippen molar-refractivity contribution in [2.24, 2.45) is 0 Å². The van der Waals surface area contributed by atoms with E-state index < -0.39 is 0 Å². The van der Waals surface area contributed by atoms with Crippen molar-refractivity contribution < 1.29 is 9.59 Å². The van der Waals surface area contributed by atoms with Crippen molar-refractivity contribution in [1.82, 2.24) is 20.4 Å². The van der Waals surface area contributed by atoms with E-state index in [4.69, 9.17) is 0 Å². The predicted octanol–water partition coefficient (Wildman–Crippen LogP) is 6.90. The summed E-state index contributed by atoms with van der Waals surface area (Å²) in [7, 11) is 0. The van der Waals surface area contributed by atoms with Gasteiger partial charge in [-0.05, 0) is 53.5 Å². The van der Waals surface area contributed by atoms with Crippen LogP contribution in [0.25, 0.3) is 0 Å². The molecule has 4 aromatic rings. The van der Waals surface area contributed by atoms with Gasteiger partial charge in [-0.2, -0.15) is 0 Å². The van der Waals surface area contributed by atoms with Gasteiger partial charge in [0.05, 0.1) is 5.75 Å². The molecule has 0 aliphatic carbocycles. The quantitative estimate of drug-likeness (QED) is 0.139. The summed E-state index contributed by atoms with van der Waals surface area (Å²) in [4.78, 5) is 24.7. The Labute approximate surface area is 251 Å². The van der Waals surface area contributed by atoms with Crippen LogP contribution in [0.2, 0.25) is 0 Å². The number of hydrogen-bond acceptors (Lipinski definition) is 10. The van der Waals surface area contributed by atoms with Gasteiger partial charge in [-0.15, -0.1) is 20.4 Å². The molecule has 12 heteroatoms. The van der Waals surface area contributed by atoms with Gasteiger partial charge in [0.25, 0.3) is 0 Å². The normalized spacial score (nSPS) is 11.4. The zero-order valence-electron chi connectivity index (χ0n) is 23.1. The van der Waals surface area contributed by atoms with Crippen molar-refractivity contribution in [3.63, 3.8) is 0 Å². The summed E-state index contributed by atoms with van der Waals surface area (Å²) in [5, 5.41) is 22.9. The summed E-state index contributed by atoms with van der Waals surface area (Å²) < 4.78 is 1.41. The topological polar surface area (TPSA) is 110 Å². The van der Waals surface area contributed by atoms with Gasteiger partial charge >= 0.3 is 0 Å². The Balaban J connectivity index is 1.21. The van der Waals surface area contributed by atoms with Crippen LogP contribution in [0.4, 0.5) is 10.3 Å². The molecule has 2 amide bonds. The van der Waals surface area contributed by atoms with E-state index in [1.807, 2.05) is 30.3 Å². The lowest BCUT2D eigenvalue weighted by Crippen LogP contribution is -2.13. The summed E-state index contributed by atoms with van der Waals surface area (Å²) in [6.45, 7) is 11.0. The largest absolute Gasteiger partial charge is 0.300 e. The van der Waals surface area contributed by atoms with Crippen molar-refractivity contribution in [2.45, 2.75) is 67.3 Å². The van der Waals surface area contributed by atoms with Crippen LogP contribution < -0.4 is 10.6 Å². The van der Waals surface area contributed by atoms with Crippen LogP contribution in [0.1, 0.15) is 55.0 Å². The van der Waals surface area contributed by atoms with Crippen molar-refractivity contribution in [1.29, 1.82) is 0 Å². The van der Waals surface area contributed by atoms with Crippen molar-refractivity contribution >= 4 is 68.3 Å². The average Bonchev–Trinajstić information content (AvgIpc) is 3.55. The number of rotatable bonds is 11. The van der Waals surface area contributed by atoms with E-state index in [-0.39, 0.29) is 23.0 Å². The second-order valence-electron chi connectivity index (χ2n) is 10.2. The Morgan fingerprint density at radius 1 is 0.825 bits per heavy atom. The average molecular weight is 613 g/mol. The molecule has 0 aliphatic heterocycles. The molecule has 0 atom stereocenters. The minimum atomic E-state index is -0.203. The molecular formula is C28H32N6O2S4. The lowest BCUT2D eigenvalue weighted by molar-refractivity contribution is -0.116. The smallest absolute Gasteiger partial charge is 0.236 e. The SMILES string of the molecule is Cc1cc(C(C)(C)C)cc(C)c1CSc1nnc(NC(=O)CSc2nnc(NC(=O)CCc3ccccc3)s2)s1. The fourth-order valence-corrected chi connectivity index (χ4v) is 7.32. The van der Waals surface area contributed by atoms with Gasteiger partial charge < -0.3 is 5.32 Å². The van der Waals surface area contributed by atoms with Crippen LogP contribution in [-0.4, -0.2) is 38.0 Å². The van der Waals surface area contributed by atoms with Gasteiger partial charge in [0, 0.05) is 12.2 Å². The molecule has 40 heavy (non-hydrogen) atoms. The Morgan fingerprint density at radius 2 is 1.40 bits per heavy atom. The van der Waals surface area contributed by atoms with E-state index in [2.05, 4.69) is 77.8 Å². The Morgan fingerprint density at radius 3 is 2.00 bits per heavy atom. The molecule has 8 nitrogen and oxygen atoms in total. The van der Waals surface area contributed by atoms with E-state index in [1.165, 1.54) is 56.7 Å². The molecule has 2 heterocycles. The van der Waals surface area contributed by atoms with Gasteiger partial charge in [-0.3, -0.25) is 14.9 Å². The van der Waals surface area contributed by atoms with Crippen molar-refractivity contribution in [3.8, 4) is 0 Å². The van der Waals surface area contributed by atoms with Gasteiger partial charge in [0.2, 0.25) is 22.1 Å². The van der Waals surface area contributed by atoms with E-state index >= 15 is 0 Å². The molecule has 0 spiro atoms. The van der Waals surface area contributed by atoms with Crippen molar-refractivity contribution in [3.05, 3.63) is 70.3 Å². The van der Waals surface area contributed by atoms with Crippen LogP contribution in [0.3, 0.4) is 0 Å². The summed E-state index contributed by atoms with van der Waals surface area (Å²) in [6, 6.07) is 14.4. The summed E-state index contributed by atoms with van der Waals surface area (Å²) in [5.74, 6) is 0.622. The number of nitrogens with zero attached hydrogens (tertiary/aromatic N) is 4. The fraction of sp³-hybridized carbons (Fsp3) is 0.357. The lowest BCUT2D eigenvalue weighted by Gasteiger charge is -2.22. The number of benzene rings is 2.